The molecule has 2 aromatic carbocycles. The molecule has 0 unspecified atom stereocenters. The van der Waals surface area contributed by atoms with E-state index >= 15 is 0 Å². The minimum Gasteiger partial charge on any atom is -0.454 e. The smallest absolute Gasteiger partial charge is 0.274 e. The number of fused-ring (bicyclic) bond motifs is 1. The van der Waals surface area contributed by atoms with Crippen molar-refractivity contribution < 1.29 is 18.7 Å². The number of nitrogens with one attached hydrogen (secondary N) is 2. The molecular weight excluding hydrogens is 375 g/mol. The molecule has 0 saturated heterocycles. The van der Waals surface area contributed by atoms with Crippen molar-refractivity contribution in [3.63, 3.8) is 0 Å². The van der Waals surface area contributed by atoms with Crippen LogP contribution < -0.4 is 20.1 Å². The zero-order valence-electron chi connectivity index (χ0n) is 13.7. The van der Waals surface area contributed by atoms with Crippen molar-refractivity contribution in [1.29, 1.82) is 0 Å². The van der Waals surface area contributed by atoms with Crippen LogP contribution in [0.2, 0.25) is 5.02 Å². The lowest BCUT2D eigenvalue weighted by Gasteiger charge is -2.08. The molecule has 0 fully saturated rings. The van der Waals surface area contributed by atoms with E-state index in [1.54, 1.807) is 18.2 Å². The van der Waals surface area contributed by atoms with Crippen LogP contribution in [0.5, 0.6) is 11.5 Å². The SMILES string of the molecule is O=C(Nc1ccc2c(c1)OCO2)c1cc(Nc2ccc(F)c(Cl)c2)ncn1. The third-order valence-electron chi connectivity index (χ3n) is 3.72. The van der Waals surface area contributed by atoms with E-state index < -0.39 is 11.7 Å². The number of nitrogens with zero attached hydrogens (tertiary/aromatic N) is 2. The van der Waals surface area contributed by atoms with Crippen molar-refractivity contribution >= 4 is 34.7 Å². The van der Waals surface area contributed by atoms with E-state index in [-0.39, 0.29) is 17.5 Å². The third-order valence-corrected chi connectivity index (χ3v) is 4.01. The Bertz CT molecular complexity index is 1030. The van der Waals surface area contributed by atoms with Gasteiger partial charge in [-0.1, -0.05) is 11.6 Å². The van der Waals surface area contributed by atoms with E-state index in [0.29, 0.717) is 28.7 Å². The van der Waals surface area contributed by atoms with Gasteiger partial charge in [0.25, 0.3) is 5.91 Å². The largest absolute Gasteiger partial charge is 0.454 e. The van der Waals surface area contributed by atoms with Gasteiger partial charge in [0.05, 0.1) is 5.02 Å². The van der Waals surface area contributed by atoms with Crippen LogP contribution in [-0.4, -0.2) is 22.7 Å². The summed E-state index contributed by atoms with van der Waals surface area (Å²) in [6.45, 7) is 0.154. The quantitative estimate of drug-likeness (QED) is 0.705. The number of anilines is 3. The number of benzene rings is 2. The zero-order valence-corrected chi connectivity index (χ0v) is 14.5. The molecule has 3 aromatic rings. The van der Waals surface area contributed by atoms with Crippen LogP contribution >= 0.6 is 11.6 Å². The average molecular weight is 387 g/mol. The molecule has 1 amide bonds. The van der Waals surface area contributed by atoms with Gasteiger partial charge >= 0.3 is 0 Å². The van der Waals surface area contributed by atoms with E-state index in [4.69, 9.17) is 21.1 Å². The number of amides is 1. The van der Waals surface area contributed by atoms with Gasteiger partial charge in [-0.3, -0.25) is 4.79 Å². The Morgan fingerprint density at radius 1 is 1.04 bits per heavy atom. The second-order valence-corrected chi connectivity index (χ2v) is 5.97. The van der Waals surface area contributed by atoms with Gasteiger partial charge in [-0.25, -0.2) is 14.4 Å². The number of aromatic nitrogens is 2. The summed E-state index contributed by atoms with van der Waals surface area (Å²) in [4.78, 5) is 20.5. The molecule has 0 aliphatic carbocycles. The number of carbonyl (C=O) groups is 1. The lowest BCUT2D eigenvalue weighted by molar-refractivity contribution is 0.102. The molecule has 2 heterocycles. The summed E-state index contributed by atoms with van der Waals surface area (Å²) in [5.41, 5.74) is 1.23. The molecule has 0 atom stereocenters. The topological polar surface area (TPSA) is 85.4 Å². The van der Waals surface area contributed by atoms with Gasteiger partial charge in [-0.15, -0.1) is 0 Å². The first kappa shape index (κ1) is 17.0. The molecule has 0 bridgehead atoms. The van der Waals surface area contributed by atoms with E-state index in [0.717, 1.165) is 0 Å². The molecule has 1 aliphatic rings. The van der Waals surface area contributed by atoms with Gasteiger partial charge in [0.15, 0.2) is 11.5 Å². The van der Waals surface area contributed by atoms with Crippen LogP contribution in [0, 0.1) is 5.82 Å². The van der Waals surface area contributed by atoms with E-state index in [2.05, 4.69) is 20.6 Å². The molecule has 0 saturated carbocycles. The van der Waals surface area contributed by atoms with Crippen LogP contribution in [0.4, 0.5) is 21.6 Å². The molecule has 0 radical (unpaired) electrons. The zero-order chi connectivity index (χ0) is 18.8. The Kier molecular flexibility index (Phi) is 4.47. The molecule has 1 aliphatic heterocycles. The van der Waals surface area contributed by atoms with Gasteiger partial charge in [0, 0.05) is 23.5 Å². The Balaban J connectivity index is 1.49. The Morgan fingerprint density at radius 2 is 1.85 bits per heavy atom. The summed E-state index contributed by atoms with van der Waals surface area (Å²) >= 11 is 5.76. The van der Waals surface area contributed by atoms with Crippen LogP contribution in [0.25, 0.3) is 0 Å². The molecule has 0 spiro atoms. The van der Waals surface area contributed by atoms with Crippen LogP contribution in [0.1, 0.15) is 10.5 Å². The van der Waals surface area contributed by atoms with Crippen LogP contribution in [0.15, 0.2) is 48.8 Å². The van der Waals surface area contributed by atoms with Gasteiger partial charge in [0.2, 0.25) is 6.79 Å². The fraction of sp³-hybridized carbons (Fsp3) is 0.0556. The second kappa shape index (κ2) is 7.08. The van der Waals surface area contributed by atoms with Crippen LogP contribution in [0.3, 0.4) is 0 Å². The van der Waals surface area contributed by atoms with Crippen molar-refractivity contribution in [2.45, 2.75) is 0 Å². The highest BCUT2D eigenvalue weighted by Crippen LogP contribution is 2.34. The molecule has 1 aromatic heterocycles. The van der Waals surface area contributed by atoms with Gasteiger partial charge < -0.3 is 20.1 Å². The molecule has 7 nitrogen and oxygen atoms in total. The maximum atomic E-state index is 13.2. The van der Waals surface area contributed by atoms with Gasteiger partial charge in [-0.2, -0.15) is 0 Å². The normalized spacial score (nSPS) is 11.9. The van der Waals surface area contributed by atoms with E-state index in [1.807, 2.05) is 0 Å². The predicted octanol–water partition coefficient (Wildman–Crippen LogP) is 3.99. The Labute approximate surface area is 158 Å². The average Bonchev–Trinajstić information content (AvgIpc) is 3.13. The maximum absolute atomic E-state index is 13.2. The third kappa shape index (κ3) is 3.75. The first-order valence-corrected chi connectivity index (χ1v) is 8.21. The summed E-state index contributed by atoms with van der Waals surface area (Å²) < 4.78 is 23.8. The number of hydrogen-bond acceptors (Lipinski definition) is 6. The monoisotopic (exact) mass is 386 g/mol. The molecule has 4 rings (SSSR count). The van der Waals surface area contributed by atoms with Gasteiger partial charge in [0.1, 0.15) is 23.7 Å². The predicted molar refractivity (Wildman–Crippen MR) is 97.2 cm³/mol. The fourth-order valence-electron chi connectivity index (χ4n) is 2.44. The highest BCUT2D eigenvalue weighted by Gasteiger charge is 2.15. The van der Waals surface area contributed by atoms with Crippen molar-refractivity contribution in [2.75, 3.05) is 17.4 Å². The minimum absolute atomic E-state index is 0.0187. The molecule has 2 N–H and O–H groups in total. The number of halogens is 2. The van der Waals surface area contributed by atoms with Crippen molar-refractivity contribution in [1.82, 2.24) is 9.97 Å². The number of ether oxygens (including phenoxy) is 2. The highest BCUT2D eigenvalue weighted by atomic mass is 35.5. The molecule has 9 heteroatoms. The summed E-state index contributed by atoms with van der Waals surface area (Å²) in [7, 11) is 0. The molecule has 136 valence electrons. The van der Waals surface area contributed by atoms with Crippen molar-refractivity contribution in [3.8, 4) is 11.5 Å². The fourth-order valence-corrected chi connectivity index (χ4v) is 2.62. The lowest BCUT2D eigenvalue weighted by Crippen LogP contribution is -2.14. The van der Waals surface area contributed by atoms with Gasteiger partial charge in [-0.05, 0) is 30.3 Å². The summed E-state index contributed by atoms with van der Waals surface area (Å²) in [5.74, 6) is 0.610. The second-order valence-electron chi connectivity index (χ2n) is 5.56. The standard InChI is InChI=1S/C18H12ClFN4O3/c19-12-5-10(1-3-13(12)20)23-17-7-14(21-8-22-17)18(25)24-11-2-4-15-16(6-11)27-9-26-15/h1-8H,9H2,(H,24,25)(H,21,22,23). The number of carbonyl (C=O) groups excluding carboxylic acids is 1. The molecule has 27 heavy (non-hydrogen) atoms. The Morgan fingerprint density at radius 3 is 2.70 bits per heavy atom. The first-order chi connectivity index (χ1) is 13.1. The summed E-state index contributed by atoms with van der Waals surface area (Å²) in [6.07, 6.45) is 1.25. The maximum Gasteiger partial charge on any atom is 0.274 e. The first-order valence-electron chi connectivity index (χ1n) is 7.83. The number of rotatable bonds is 4. The summed E-state index contributed by atoms with van der Waals surface area (Å²) in [5, 5.41) is 5.66. The Hall–Kier alpha value is -3.39. The lowest BCUT2D eigenvalue weighted by atomic mass is 10.2. The van der Waals surface area contributed by atoms with E-state index in [9.17, 15) is 9.18 Å². The number of hydrogen-bond donors (Lipinski definition) is 2. The molecular formula is C18H12ClFN4O3. The summed E-state index contributed by atoms with van der Waals surface area (Å²) in [6, 6.07) is 10.7. The highest BCUT2D eigenvalue weighted by molar-refractivity contribution is 6.31. The van der Waals surface area contributed by atoms with E-state index in [1.165, 1.54) is 30.6 Å². The van der Waals surface area contributed by atoms with Crippen molar-refractivity contribution in [3.05, 3.63) is 65.3 Å². The minimum atomic E-state index is -0.520. The van der Waals surface area contributed by atoms with Crippen molar-refractivity contribution in [2.24, 2.45) is 0 Å². The van der Waals surface area contributed by atoms with Crippen LogP contribution in [-0.2, 0) is 0 Å².